The molecule has 6 nitrogen and oxygen atoms in total. The Hall–Kier alpha value is -1.66. The molecule has 0 aromatic heterocycles. The first-order chi connectivity index (χ1) is 8.17. The number of hydrogen-bond donors (Lipinski definition) is 1. The summed E-state index contributed by atoms with van der Waals surface area (Å²) < 4.78 is 10.4. The molecule has 1 aliphatic rings. The van der Waals surface area contributed by atoms with Gasteiger partial charge < -0.3 is 14.6 Å². The molecular formula is C11H13NO5. The van der Waals surface area contributed by atoms with Gasteiger partial charge in [-0.2, -0.15) is 0 Å². The summed E-state index contributed by atoms with van der Waals surface area (Å²) in [5, 5.41) is 19.9. The largest absolute Gasteiger partial charge is 0.486 e. The number of ether oxygens (including phenoxy) is 2. The second-order valence-corrected chi connectivity index (χ2v) is 4.16. The predicted octanol–water partition coefficient (Wildman–Crippen LogP) is 0.982. The molecule has 2 rings (SSSR count). The van der Waals surface area contributed by atoms with E-state index in [1.165, 1.54) is 6.07 Å². The van der Waals surface area contributed by atoms with Crippen LogP contribution < -0.4 is 4.74 Å². The Balaban J connectivity index is 2.06. The van der Waals surface area contributed by atoms with Gasteiger partial charge in [-0.15, -0.1) is 0 Å². The van der Waals surface area contributed by atoms with Crippen molar-refractivity contribution in [3.8, 4) is 5.75 Å². The van der Waals surface area contributed by atoms with Gasteiger partial charge in [0.05, 0.1) is 30.2 Å². The first-order valence-electron chi connectivity index (χ1n) is 5.22. The van der Waals surface area contributed by atoms with Crippen LogP contribution in [0, 0.1) is 15.5 Å². The molecule has 0 saturated carbocycles. The topological polar surface area (TPSA) is 81.8 Å². The minimum absolute atomic E-state index is 0.0480. The smallest absolute Gasteiger partial charge is 0.310 e. The Morgan fingerprint density at radius 3 is 2.71 bits per heavy atom. The summed E-state index contributed by atoms with van der Waals surface area (Å²) in [6, 6.07) is 6.19. The van der Waals surface area contributed by atoms with Crippen molar-refractivity contribution in [2.45, 2.75) is 0 Å². The third kappa shape index (κ3) is 2.37. The Labute approximate surface area is 97.9 Å². The molecule has 0 atom stereocenters. The van der Waals surface area contributed by atoms with E-state index < -0.39 is 10.3 Å². The fourth-order valence-electron chi connectivity index (χ4n) is 1.57. The van der Waals surface area contributed by atoms with Crippen molar-refractivity contribution in [1.82, 2.24) is 0 Å². The van der Waals surface area contributed by atoms with E-state index in [1.54, 1.807) is 18.2 Å². The molecule has 0 amide bonds. The van der Waals surface area contributed by atoms with E-state index in [0.29, 0.717) is 13.2 Å². The highest BCUT2D eigenvalue weighted by atomic mass is 16.6. The second kappa shape index (κ2) is 4.68. The lowest BCUT2D eigenvalue weighted by Gasteiger charge is -2.39. The summed E-state index contributed by atoms with van der Waals surface area (Å²) in [4.78, 5) is 10.3. The molecule has 0 unspecified atom stereocenters. The Bertz CT molecular complexity index is 411. The highest BCUT2D eigenvalue weighted by molar-refractivity contribution is 5.45. The van der Waals surface area contributed by atoms with Crippen LogP contribution >= 0.6 is 0 Å². The molecule has 0 aliphatic carbocycles. The van der Waals surface area contributed by atoms with E-state index in [9.17, 15) is 15.2 Å². The average molecular weight is 239 g/mol. The van der Waals surface area contributed by atoms with Crippen LogP contribution in [0.2, 0.25) is 0 Å². The Morgan fingerprint density at radius 1 is 1.47 bits per heavy atom. The molecule has 6 heteroatoms. The summed E-state index contributed by atoms with van der Waals surface area (Å²) in [5.41, 5.74) is -0.482. The summed E-state index contributed by atoms with van der Waals surface area (Å²) >= 11 is 0. The maximum absolute atomic E-state index is 10.8. The molecule has 17 heavy (non-hydrogen) atoms. The van der Waals surface area contributed by atoms with E-state index in [1.807, 2.05) is 0 Å². The van der Waals surface area contributed by atoms with Crippen LogP contribution in [0.15, 0.2) is 24.3 Å². The predicted molar refractivity (Wildman–Crippen MR) is 58.9 cm³/mol. The molecule has 1 saturated heterocycles. The zero-order valence-corrected chi connectivity index (χ0v) is 9.17. The normalized spacial score (nSPS) is 17.2. The van der Waals surface area contributed by atoms with E-state index in [2.05, 4.69) is 0 Å². The minimum Gasteiger partial charge on any atom is -0.486 e. The number of hydrogen-bond acceptors (Lipinski definition) is 5. The van der Waals surface area contributed by atoms with Crippen LogP contribution in [0.3, 0.4) is 0 Å². The zero-order valence-electron chi connectivity index (χ0n) is 9.17. The third-order valence-corrected chi connectivity index (χ3v) is 2.75. The van der Waals surface area contributed by atoms with Crippen LogP contribution in [0.4, 0.5) is 5.69 Å². The number of para-hydroxylation sites is 2. The average Bonchev–Trinajstić information content (AvgIpc) is 2.28. The monoisotopic (exact) mass is 239 g/mol. The number of aliphatic hydroxyl groups is 1. The number of nitrogens with zero attached hydrogens (tertiary/aromatic N) is 1. The first kappa shape index (κ1) is 11.8. The molecule has 0 bridgehead atoms. The summed E-state index contributed by atoms with van der Waals surface area (Å²) in [6.45, 7) is 1.01. The van der Waals surface area contributed by atoms with E-state index in [4.69, 9.17) is 9.47 Å². The van der Waals surface area contributed by atoms with Crippen LogP contribution in [-0.2, 0) is 4.74 Å². The van der Waals surface area contributed by atoms with Gasteiger partial charge in [0.2, 0.25) is 0 Å². The van der Waals surface area contributed by atoms with Gasteiger partial charge in [0, 0.05) is 6.07 Å². The van der Waals surface area contributed by atoms with Crippen LogP contribution in [0.25, 0.3) is 0 Å². The number of benzene rings is 1. The van der Waals surface area contributed by atoms with Crippen molar-refractivity contribution in [1.29, 1.82) is 0 Å². The maximum Gasteiger partial charge on any atom is 0.310 e. The van der Waals surface area contributed by atoms with Gasteiger partial charge in [0.15, 0.2) is 5.75 Å². The quantitative estimate of drug-likeness (QED) is 0.611. The molecule has 1 N–H and O–H groups in total. The van der Waals surface area contributed by atoms with Crippen molar-refractivity contribution in [3.63, 3.8) is 0 Å². The van der Waals surface area contributed by atoms with Crippen molar-refractivity contribution < 1.29 is 19.5 Å². The molecule has 0 spiro atoms. The van der Waals surface area contributed by atoms with Crippen molar-refractivity contribution >= 4 is 5.69 Å². The summed E-state index contributed by atoms with van der Waals surface area (Å²) in [5.74, 6) is 0.220. The van der Waals surface area contributed by atoms with Gasteiger partial charge >= 0.3 is 5.69 Å². The first-order valence-corrected chi connectivity index (χ1v) is 5.22. The second-order valence-electron chi connectivity index (χ2n) is 4.16. The molecule has 1 fully saturated rings. The maximum atomic E-state index is 10.8. The van der Waals surface area contributed by atoms with E-state index in [-0.39, 0.29) is 24.7 Å². The van der Waals surface area contributed by atoms with Gasteiger partial charge in [-0.25, -0.2) is 0 Å². The summed E-state index contributed by atoms with van der Waals surface area (Å²) in [7, 11) is 0. The van der Waals surface area contributed by atoms with Crippen LogP contribution in [0.5, 0.6) is 5.75 Å². The fraction of sp³-hybridized carbons (Fsp3) is 0.455. The number of nitro groups is 1. The highest BCUT2D eigenvalue weighted by Gasteiger charge is 2.39. The van der Waals surface area contributed by atoms with Crippen LogP contribution in [-0.4, -0.2) is 36.5 Å². The third-order valence-electron chi connectivity index (χ3n) is 2.75. The van der Waals surface area contributed by atoms with E-state index in [0.717, 1.165) is 0 Å². The Morgan fingerprint density at radius 2 is 2.18 bits per heavy atom. The molecule has 92 valence electrons. The minimum atomic E-state index is -0.488. The van der Waals surface area contributed by atoms with Crippen molar-refractivity contribution in [3.05, 3.63) is 34.4 Å². The van der Waals surface area contributed by atoms with Gasteiger partial charge in [-0.05, 0) is 6.07 Å². The van der Waals surface area contributed by atoms with Crippen molar-refractivity contribution in [2.75, 3.05) is 26.4 Å². The highest BCUT2D eigenvalue weighted by Crippen LogP contribution is 2.31. The van der Waals surface area contributed by atoms with Crippen molar-refractivity contribution in [2.24, 2.45) is 5.41 Å². The van der Waals surface area contributed by atoms with Gasteiger partial charge in [0.25, 0.3) is 0 Å². The molecule has 1 aromatic rings. The molecule has 1 aliphatic heterocycles. The number of aliphatic hydroxyl groups excluding tert-OH is 1. The molecule has 1 aromatic carbocycles. The Kier molecular flexibility index (Phi) is 3.26. The van der Waals surface area contributed by atoms with Gasteiger partial charge in [-0.3, -0.25) is 10.1 Å². The SMILES string of the molecule is O=[N+]([O-])c1ccccc1OCC1(CO)COC1. The van der Waals surface area contributed by atoms with Gasteiger partial charge in [0.1, 0.15) is 6.61 Å². The lowest BCUT2D eigenvalue weighted by molar-refractivity contribution is -0.386. The molecule has 1 heterocycles. The van der Waals surface area contributed by atoms with Gasteiger partial charge in [-0.1, -0.05) is 12.1 Å². The zero-order chi connectivity index (χ0) is 12.3. The molecule has 0 radical (unpaired) electrons. The standard InChI is InChI=1S/C11H13NO5/c13-5-11(6-16-7-11)8-17-10-4-2-1-3-9(10)12(14)15/h1-4,13H,5-8H2. The fourth-order valence-corrected chi connectivity index (χ4v) is 1.57. The summed E-state index contributed by atoms with van der Waals surface area (Å²) in [6.07, 6.45) is 0. The lowest BCUT2D eigenvalue weighted by Crippen LogP contribution is -2.49. The van der Waals surface area contributed by atoms with E-state index >= 15 is 0 Å². The lowest BCUT2D eigenvalue weighted by atomic mass is 9.88. The number of rotatable bonds is 5. The number of nitro benzene ring substituents is 1. The molecular weight excluding hydrogens is 226 g/mol. The van der Waals surface area contributed by atoms with Crippen LogP contribution in [0.1, 0.15) is 0 Å².